The zero-order chi connectivity index (χ0) is 9.97. The quantitative estimate of drug-likeness (QED) is 0.801. The van der Waals surface area contributed by atoms with Gasteiger partial charge in [-0.3, -0.25) is 4.79 Å². The van der Waals surface area contributed by atoms with Gasteiger partial charge >= 0.3 is 0 Å². The van der Waals surface area contributed by atoms with Gasteiger partial charge in [0.1, 0.15) is 5.01 Å². The molecule has 1 aliphatic heterocycles. The molecule has 0 unspecified atom stereocenters. The SMILES string of the molecule is CNc1nnc(CN2CCCC2=O)s1. The molecule has 1 N–H and O–H groups in total. The number of likely N-dealkylation sites (tertiary alicyclic amines) is 1. The third kappa shape index (κ3) is 1.84. The van der Waals surface area contributed by atoms with Crippen molar-refractivity contribution in [2.45, 2.75) is 19.4 Å². The van der Waals surface area contributed by atoms with E-state index in [1.165, 1.54) is 11.3 Å². The summed E-state index contributed by atoms with van der Waals surface area (Å²) >= 11 is 1.49. The van der Waals surface area contributed by atoms with Crippen molar-refractivity contribution in [1.29, 1.82) is 0 Å². The van der Waals surface area contributed by atoms with Gasteiger partial charge in [-0.2, -0.15) is 0 Å². The summed E-state index contributed by atoms with van der Waals surface area (Å²) in [6.45, 7) is 1.46. The van der Waals surface area contributed by atoms with E-state index in [4.69, 9.17) is 0 Å². The molecule has 14 heavy (non-hydrogen) atoms. The fourth-order valence-corrected chi connectivity index (χ4v) is 2.16. The van der Waals surface area contributed by atoms with Gasteiger partial charge in [0.25, 0.3) is 0 Å². The summed E-state index contributed by atoms with van der Waals surface area (Å²) in [4.78, 5) is 13.2. The number of anilines is 1. The second-order valence-corrected chi connectivity index (χ2v) is 4.23. The summed E-state index contributed by atoms with van der Waals surface area (Å²) in [6.07, 6.45) is 1.65. The van der Waals surface area contributed by atoms with E-state index in [1.807, 2.05) is 11.9 Å². The Kier molecular flexibility index (Phi) is 2.62. The van der Waals surface area contributed by atoms with E-state index in [9.17, 15) is 4.79 Å². The molecule has 0 bridgehead atoms. The molecule has 1 aromatic heterocycles. The summed E-state index contributed by atoms with van der Waals surface area (Å²) in [5.74, 6) is 0.228. The van der Waals surface area contributed by atoms with Crippen LogP contribution in [0.25, 0.3) is 0 Å². The Labute approximate surface area is 86.1 Å². The Morgan fingerprint density at radius 3 is 3.00 bits per heavy atom. The number of amides is 1. The van der Waals surface area contributed by atoms with Crippen LogP contribution in [0.3, 0.4) is 0 Å². The van der Waals surface area contributed by atoms with Gasteiger partial charge in [0.15, 0.2) is 0 Å². The molecule has 2 heterocycles. The van der Waals surface area contributed by atoms with Crippen molar-refractivity contribution in [3.05, 3.63) is 5.01 Å². The van der Waals surface area contributed by atoms with Crippen molar-refractivity contribution in [3.63, 3.8) is 0 Å². The lowest BCUT2D eigenvalue weighted by Crippen LogP contribution is -2.23. The molecular weight excluding hydrogens is 200 g/mol. The third-order valence-corrected chi connectivity index (χ3v) is 3.10. The smallest absolute Gasteiger partial charge is 0.223 e. The number of nitrogens with one attached hydrogen (secondary N) is 1. The maximum absolute atomic E-state index is 11.3. The number of rotatable bonds is 3. The fourth-order valence-electron chi connectivity index (χ4n) is 1.45. The van der Waals surface area contributed by atoms with Crippen molar-refractivity contribution in [2.75, 3.05) is 18.9 Å². The molecule has 0 saturated carbocycles. The van der Waals surface area contributed by atoms with Gasteiger partial charge < -0.3 is 10.2 Å². The van der Waals surface area contributed by atoms with Crippen LogP contribution in [0, 0.1) is 0 Å². The highest BCUT2D eigenvalue weighted by atomic mass is 32.1. The van der Waals surface area contributed by atoms with Crippen LogP contribution >= 0.6 is 11.3 Å². The summed E-state index contributed by atoms with van der Waals surface area (Å²) in [6, 6.07) is 0. The molecule has 1 saturated heterocycles. The predicted octanol–water partition coefficient (Wildman–Crippen LogP) is 0.702. The van der Waals surface area contributed by atoms with E-state index >= 15 is 0 Å². The van der Waals surface area contributed by atoms with Gasteiger partial charge in [0, 0.05) is 20.0 Å². The number of carbonyl (C=O) groups excluding carboxylic acids is 1. The van der Waals surface area contributed by atoms with Crippen LogP contribution in [0.15, 0.2) is 0 Å². The van der Waals surface area contributed by atoms with Crippen molar-refractivity contribution in [1.82, 2.24) is 15.1 Å². The van der Waals surface area contributed by atoms with Gasteiger partial charge in [0.05, 0.1) is 6.54 Å². The molecule has 1 amide bonds. The van der Waals surface area contributed by atoms with Crippen molar-refractivity contribution in [3.8, 4) is 0 Å². The molecule has 0 aliphatic carbocycles. The van der Waals surface area contributed by atoms with Crippen LogP contribution in [0.5, 0.6) is 0 Å². The molecule has 0 aromatic carbocycles. The van der Waals surface area contributed by atoms with Crippen LogP contribution in [-0.4, -0.2) is 34.6 Å². The lowest BCUT2D eigenvalue weighted by atomic mass is 10.4. The summed E-state index contributed by atoms with van der Waals surface area (Å²) in [5.41, 5.74) is 0. The topological polar surface area (TPSA) is 58.1 Å². The van der Waals surface area contributed by atoms with E-state index < -0.39 is 0 Å². The maximum Gasteiger partial charge on any atom is 0.223 e. The lowest BCUT2D eigenvalue weighted by molar-refractivity contribution is -0.128. The summed E-state index contributed by atoms with van der Waals surface area (Å²) < 4.78 is 0. The van der Waals surface area contributed by atoms with Crippen molar-refractivity contribution >= 4 is 22.4 Å². The lowest BCUT2D eigenvalue weighted by Gasteiger charge is -2.12. The van der Waals surface area contributed by atoms with Gasteiger partial charge in [-0.05, 0) is 6.42 Å². The minimum absolute atomic E-state index is 0.228. The van der Waals surface area contributed by atoms with Crippen LogP contribution in [0.2, 0.25) is 0 Å². The average molecular weight is 212 g/mol. The van der Waals surface area contributed by atoms with Gasteiger partial charge in [0.2, 0.25) is 11.0 Å². The van der Waals surface area contributed by atoms with Crippen LogP contribution in [0.4, 0.5) is 5.13 Å². The molecule has 6 heteroatoms. The Morgan fingerprint density at radius 2 is 2.43 bits per heavy atom. The van der Waals surface area contributed by atoms with E-state index in [-0.39, 0.29) is 5.91 Å². The third-order valence-electron chi connectivity index (χ3n) is 2.18. The van der Waals surface area contributed by atoms with Gasteiger partial charge in [-0.25, -0.2) is 0 Å². The monoisotopic (exact) mass is 212 g/mol. The second-order valence-electron chi connectivity index (χ2n) is 3.17. The number of nitrogens with zero attached hydrogens (tertiary/aromatic N) is 3. The number of hydrogen-bond donors (Lipinski definition) is 1. The summed E-state index contributed by atoms with van der Waals surface area (Å²) in [5, 5.41) is 12.5. The number of aromatic nitrogens is 2. The molecule has 2 rings (SSSR count). The van der Waals surface area contributed by atoms with E-state index in [1.54, 1.807) is 0 Å². The number of carbonyl (C=O) groups is 1. The zero-order valence-corrected chi connectivity index (χ0v) is 8.80. The standard InChI is InChI=1S/C8H12N4OS/c1-9-8-11-10-6(14-8)5-12-4-2-3-7(12)13/h2-5H2,1H3,(H,9,11). The van der Waals surface area contributed by atoms with Crippen LogP contribution in [0.1, 0.15) is 17.8 Å². The molecule has 76 valence electrons. The second kappa shape index (κ2) is 3.91. The first-order valence-corrected chi connectivity index (χ1v) is 5.39. The molecule has 1 fully saturated rings. The average Bonchev–Trinajstić information content (AvgIpc) is 2.77. The van der Waals surface area contributed by atoms with E-state index in [0.29, 0.717) is 13.0 Å². The largest absolute Gasteiger partial charge is 0.363 e. The molecule has 0 spiro atoms. The highest BCUT2D eigenvalue weighted by molar-refractivity contribution is 7.15. The Bertz CT molecular complexity index is 338. The normalized spacial score (nSPS) is 16.4. The Balaban J connectivity index is 1.99. The van der Waals surface area contributed by atoms with Crippen LogP contribution < -0.4 is 5.32 Å². The van der Waals surface area contributed by atoms with Crippen LogP contribution in [-0.2, 0) is 11.3 Å². The molecule has 1 aromatic rings. The predicted molar refractivity (Wildman–Crippen MR) is 54.1 cm³/mol. The van der Waals surface area contributed by atoms with Crippen molar-refractivity contribution in [2.24, 2.45) is 0 Å². The fraction of sp³-hybridized carbons (Fsp3) is 0.625. The molecule has 1 aliphatic rings. The Hall–Kier alpha value is -1.17. The van der Waals surface area contributed by atoms with E-state index in [0.717, 1.165) is 23.1 Å². The Morgan fingerprint density at radius 1 is 1.57 bits per heavy atom. The maximum atomic E-state index is 11.3. The first-order chi connectivity index (χ1) is 6.79. The first-order valence-electron chi connectivity index (χ1n) is 4.57. The van der Waals surface area contributed by atoms with Gasteiger partial charge in [-0.1, -0.05) is 11.3 Å². The first kappa shape index (κ1) is 9.39. The highest BCUT2D eigenvalue weighted by Crippen LogP contribution is 2.19. The molecule has 0 atom stereocenters. The van der Waals surface area contributed by atoms with Gasteiger partial charge in [-0.15, -0.1) is 10.2 Å². The molecule has 0 radical (unpaired) electrons. The number of hydrogen-bond acceptors (Lipinski definition) is 5. The van der Waals surface area contributed by atoms with Crippen molar-refractivity contribution < 1.29 is 4.79 Å². The van der Waals surface area contributed by atoms with E-state index in [2.05, 4.69) is 15.5 Å². The minimum atomic E-state index is 0.228. The zero-order valence-electron chi connectivity index (χ0n) is 7.99. The highest BCUT2D eigenvalue weighted by Gasteiger charge is 2.21. The summed E-state index contributed by atoms with van der Waals surface area (Å²) in [7, 11) is 1.81. The minimum Gasteiger partial charge on any atom is -0.363 e. The molecular formula is C8H12N4OS. The molecule has 5 nitrogen and oxygen atoms in total.